The lowest BCUT2D eigenvalue weighted by Crippen LogP contribution is -2.10. The highest BCUT2D eigenvalue weighted by atomic mass is 19.4. The molecule has 0 aliphatic carbocycles. The molecular formula is C12H7F3N2. The molecule has 3 aromatic rings. The van der Waals surface area contributed by atoms with Gasteiger partial charge in [0.25, 0.3) is 0 Å². The van der Waals surface area contributed by atoms with Gasteiger partial charge in [0.15, 0.2) is 0 Å². The van der Waals surface area contributed by atoms with Crippen molar-refractivity contribution in [1.29, 1.82) is 0 Å². The van der Waals surface area contributed by atoms with Crippen molar-refractivity contribution in [3.8, 4) is 0 Å². The first kappa shape index (κ1) is 10.1. The molecule has 0 aliphatic heterocycles. The summed E-state index contributed by atoms with van der Waals surface area (Å²) in [5.41, 5.74) is 0.468. The van der Waals surface area contributed by atoms with E-state index in [-0.39, 0.29) is 0 Å². The molecule has 17 heavy (non-hydrogen) atoms. The predicted molar refractivity (Wildman–Crippen MR) is 57.7 cm³/mol. The van der Waals surface area contributed by atoms with Crippen molar-refractivity contribution in [1.82, 2.24) is 9.38 Å². The SMILES string of the molecule is FC(F)(F)c1ncc2c3ccccc3ccn12. The van der Waals surface area contributed by atoms with Gasteiger partial charge in [-0.25, -0.2) is 4.98 Å². The second kappa shape index (κ2) is 3.23. The highest BCUT2D eigenvalue weighted by Crippen LogP contribution is 2.30. The number of halogens is 3. The van der Waals surface area contributed by atoms with Crippen LogP contribution in [0, 0.1) is 0 Å². The monoisotopic (exact) mass is 236 g/mol. The van der Waals surface area contributed by atoms with E-state index in [0.29, 0.717) is 5.52 Å². The minimum absolute atomic E-state index is 0.468. The maximum absolute atomic E-state index is 12.7. The number of benzene rings is 1. The van der Waals surface area contributed by atoms with Crippen LogP contribution < -0.4 is 0 Å². The maximum atomic E-state index is 12.7. The molecular weight excluding hydrogens is 229 g/mol. The smallest absolute Gasteiger partial charge is 0.296 e. The van der Waals surface area contributed by atoms with Crippen molar-refractivity contribution in [3.63, 3.8) is 0 Å². The molecule has 86 valence electrons. The molecule has 2 nitrogen and oxygen atoms in total. The van der Waals surface area contributed by atoms with E-state index in [9.17, 15) is 13.2 Å². The van der Waals surface area contributed by atoms with Crippen molar-refractivity contribution in [2.45, 2.75) is 6.18 Å². The minimum atomic E-state index is -4.44. The van der Waals surface area contributed by atoms with Gasteiger partial charge in [0.05, 0.1) is 11.7 Å². The zero-order chi connectivity index (χ0) is 12.0. The van der Waals surface area contributed by atoms with E-state index in [1.165, 1.54) is 12.4 Å². The molecule has 0 fully saturated rings. The third kappa shape index (κ3) is 1.46. The molecule has 0 atom stereocenters. The Morgan fingerprint density at radius 3 is 2.59 bits per heavy atom. The first-order valence-electron chi connectivity index (χ1n) is 4.99. The number of hydrogen-bond donors (Lipinski definition) is 0. The van der Waals surface area contributed by atoms with Gasteiger partial charge in [-0.2, -0.15) is 13.2 Å². The fourth-order valence-electron chi connectivity index (χ4n) is 1.95. The van der Waals surface area contributed by atoms with Gasteiger partial charge in [-0.3, -0.25) is 4.40 Å². The zero-order valence-electron chi connectivity index (χ0n) is 8.57. The quantitative estimate of drug-likeness (QED) is 0.583. The Labute approximate surface area is 94.3 Å². The van der Waals surface area contributed by atoms with Crippen LogP contribution in [-0.4, -0.2) is 9.38 Å². The molecule has 0 spiro atoms. The fourth-order valence-corrected chi connectivity index (χ4v) is 1.95. The molecule has 0 amide bonds. The Hall–Kier alpha value is -2.04. The summed E-state index contributed by atoms with van der Waals surface area (Å²) in [6.45, 7) is 0. The molecule has 0 saturated heterocycles. The molecule has 0 saturated carbocycles. The van der Waals surface area contributed by atoms with Crippen LogP contribution >= 0.6 is 0 Å². The van der Waals surface area contributed by atoms with E-state index in [0.717, 1.165) is 15.2 Å². The number of aromatic nitrogens is 2. The van der Waals surface area contributed by atoms with Crippen LogP contribution in [0.4, 0.5) is 13.2 Å². The van der Waals surface area contributed by atoms with Gasteiger partial charge in [-0.1, -0.05) is 24.3 Å². The second-order valence-electron chi connectivity index (χ2n) is 3.74. The third-order valence-electron chi connectivity index (χ3n) is 2.69. The molecule has 0 bridgehead atoms. The Balaban J connectivity index is 2.43. The molecule has 0 unspecified atom stereocenters. The lowest BCUT2D eigenvalue weighted by atomic mass is 10.1. The summed E-state index contributed by atoms with van der Waals surface area (Å²) >= 11 is 0. The van der Waals surface area contributed by atoms with Gasteiger partial charge in [-0.15, -0.1) is 0 Å². The van der Waals surface area contributed by atoms with Crippen LogP contribution in [0.2, 0.25) is 0 Å². The first-order valence-corrected chi connectivity index (χ1v) is 4.99. The van der Waals surface area contributed by atoms with Gasteiger partial charge >= 0.3 is 6.18 Å². The summed E-state index contributed by atoms with van der Waals surface area (Å²) in [4.78, 5) is 3.45. The van der Waals surface area contributed by atoms with Crippen molar-refractivity contribution in [2.75, 3.05) is 0 Å². The molecule has 3 rings (SSSR count). The average molecular weight is 236 g/mol. The van der Waals surface area contributed by atoms with Crippen molar-refractivity contribution in [2.24, 2.45) is 0 Å². The van der Waals surface area contributed by atoms with Crippen LogP contribution in [0.25, 0.3) is 16.3 Å². The van der Waals surface area contributed by atoms with Crippen LogP contribution in [-0.2, 0) is 6.18 Å². The maximum Gasteiger partial charge on any atom is 0.450 e. The van der Waals surface area contributed by atoms with E-state index in [1.54, 1.807) is 18.2 Å². The highest BCUT2D eigenvalue weighted by molar-refractivity contribution is 5.95. The Morgan fingerprint density at radius 1 is 1.06 bits per heavy atom. The van der Waals surface area contributed by atoms with E-state index in [1.807, 2.05) is 12.1 Å². The summed E-state index contributed by atoms with van der Waals surface area (Å²) in [6.07, 6.45) is -1.78. The molecule has 2 heterocycles. The van der Waals surface area contributed by atoms with Gasteiger partial charge < -0.3 is 0 Å². The number of rotatable bonds is 0. The lowest BCUT2D eigenvalue weighted by molar-refractivity contribution is -0.145. The number of pyridine rings is 1. The summed E-state index contributed by atoms with van der Waals surface area (Å²) in [6, 6.07) is 8.93. The summed E-state index contributed by atoms with van der Waals surface area (Å²) in [5, 5.41) is 1.66. The second-order valence-corrected chi connectivity index (χ2v) is 3.74. The van der Waals surface area contributed by atoms with Crippen molar-refractivity contribution in [3.05, 3.63) is 48.5 Å². The fraction of sp³-hybridized carbons (Fsp3) is 0.0833. The summed E-state index contributed by atoms with van der Waals surface area (Å²) in [7, 11) is 0. The predicted octanol–water partition coefficient (Wildman–Crippen LogP) is 3.51. The number of hydrogen-bond acceptors (Lipinski definition) is 1. The minimum Gasteiger partial charge on any atom is -0.296 e. The van der Waals surface area contributed by atoms with Crippen LogP contribution in [0.1, 0.15) is 5.82 Å². The molecule has 2 aromatic heterocycles. The standard InChI is InChI=1S/C12H7F3N2/c13-12(14,15)11-16-7-10-9-4-2-1-3-8(9)5-6-17(10)11/h1-7H. The number of alkyl halides is 3. The van der Waals surface area contributed by atoms with Crippen molar-refractivity contribution >= 4 is 16.3 Å². The van der Waals surface area contributed by atoms with Gasteiger partial charge in [0, 0.05) is 11.6 Å². The van der Waals surface area contributed by atoms with Crippen LogP contribution in [0.15, 0.2) is 42.7 Å². The third-order valence-corrected chi connectivity index (χ3v) is 2.69. The van der Waals surface area contributed by atoms with E-state index in [2.05, 4.69) is 4.98 Å². The Morgan fingerprint density at radius 2 is 1.82 bits per heavy atom. The molecule has 0 aliphatic rings. The largest absolute Gasteiger partial charge is 0.450 e. The van der Waals surface area contributed by atoms with Crippen LogP contribution in [0.3, 0.4) is 0 Å². The molecule has 0 N–H and O–H groups in total. The van der Waals surface area contributed by atoms with E-state index >= 15 is 0 Å². The summed E-state index contributed by atoms with van der Waals surface area (Å²) < 4.78 is 39.1. The topological polar surface area (TPSA) is 17.3 Å². The molecule has 5 heteroatoms. The number of imidazole rings is 1. The highest BCUT2D eigenvalue weighted by Gasteiger charge is 2.35. The van der Waals surface area contributed by atoms with Gasteiger partial charge in [0.2, 0.25) is 5.82 Å². The Bertz CT molecular complexity index is 698. The number of fused-ring (bicyclic) bond motifs is 3. The zero-order valence-corrected chi connectivity index (χ0v) is 8.57. The molecule has 0 radical (unpaired) electrons. The number of nitrogens with zero attached hydrogens (tertiary/aromatic N) is 2. The van der Waals surface area contributed by atoms with Gasteiger partial charge in [-0.05, 0) is 11.5 Å². The van der Waals surface area contributed by atoms with Crippen molar-refractivity contribution < 1.29 is 13.2 Å². The first-order chi connectivity index (χ1) is 8.07. The van der Waals surface area contributed by atoms with Gasteiger partial charge in [0.1, 0.15) is 0 Å². The lowest BCUT2D eigenvalue weighted by Gasteiger charge is -2.06. The average Bonchev–Trinajstić information content (AvgIpc) is 2.72. The molecule has 1 aromatic carbocycles. The Kier molecular flexibility index (Phi) is 1.92. The van der Waals surface area contributed by atoms with E-state index in [4.69, 9.17) is 0 Å². The van der Waals surface area contributed by atoms with E-state index < -0.39 is 12.0 Å². The van der Waals surface area contributed by atoms with Crippen LogP contribution in [0.5, 0.6) is 0 Å². The normalized spacial score (nSPS) is 12.4. The summed E-state index contributed by atoms with van der Waals surface area (Å²) in [5.74, 6) is -0.891.